The van der Waals surface area contributed by atoms with E-state index in [9.17, 15) is 4.39 Å². The Hall–Kier alpha value is -1.78. The van der Waals surface area contributed by atoms with Gasteiger partial charge in [-0.3, -0.25) is 9.07 Å². The van der Waals surface area contributed by atoms with E-state index in [-0.39, 0.29) is 26.5 Å². The second kappa shape index (κ2) is 6.59. The molecule has 0 spiro atoms. The third kappa shape index (κ3) is 3.03. The summed E-state index contributed by atoms with van der Waals surface area (Å²) in [5.41, 5.74) is 1.83. The molecule has 0 saturated heterocycles. The topological polar surface area (TPSA) is 35.6 Å². The van der Waals surface area contributed by atoms with Crippen LogP contribution in [0.1, 0.15) is 5.82 Å². The van der Waals surface area contributed by atoms with Crippen molar-refractivity contribution in [1.82, 2.24) is 19.3 Å². The van der Waals surface area contributed by atoms with Crippen LogP contribution >= 0.6 is 0 Å². The van der Waals surface area contributed by atoms with E-state index in [0.717, 1.165) is 11.4 Å². The molecule has 0 bridgehead atoms. The van der Waals surface area contributed by atoms with Crippen LogP contribution in [0.5, 0.6) is 0 Å². The molecule has 0 saturated carbocycles. The molecule has 0 aliphatic carbocycles. The summed E-state index contributed by atoms with van der Waals surface area (Å²) in [4.78, 5) is 4.05. The first-order valence-electron chi connectivity index (χ1n) is 5.99. The maximum Gasteiger partial charge on any atom is 0.153 e. The Morgan fingerprint density at radius 1 is 1.20 bits per heavy atom. The molecular formula is C14H12FIrN4-. The van der Waals surface area contributed by atoms with Gasteiger partial charge in [0.15, 0.2) is 5.82 Å². The Kier molecular flexibility index (Phi) is 4.82. The number of hydrogen-bond donors (Lipinski definition) is 0. The van der Waals surface area contributed by atoms with E-state index in [1.807, 2.05) is 47.3 Å². The monoisotopic (exact) mass is 448 g/mol. The molecule has 0 fully saturated rings. The SMILES string of the molecule is FCCc1ncn(-c2[c-]cn(-c3ccccc3)c2)n1.[Ir]. The van der Waals surface area contributed by atoms with Crippen molar-refractivity contribution in [3.63, 3.8) is 0 Å². The van der Waals surface area contributed by atoms with Gasteiger partial charge < -0.3 is 4.57 Å². The number of halogens is 1. The van der Waals surface area contributed by atoms with Crippen molar-refractivity contribution in [3.05, 3.63) is 60.9 Å². The van der Waals surface area contributed by atoms with Crippen molar-refractivity contribution in [1.29, 1.82) is 0 Å². The number of hydrogen-bond acceptors (Lipinski definition) is 2. The normalized spacial score (nSPS) is 10.2. The molecule has 2 aromatic heterocycles. The summed E-state index contributed by atoms with van der Waals surface area (Å²) in [5.74, 6) is 0.503. The number of alkyl halides is 1. The molecule has 0 amide bonds. The second-order valence-corrected chi connectivity index (χ2v) is 4.07. The van der Waals surface area contributed by atoms with Crippen LogP contribution in [0.4, 0.5) is 4.39 Å². The van der Waals surface area contributed by atoms with Gasteiger partial charge in [-0.05, 0) is 12.1 Å². The number of aryl methyl sites for hydroxylation is 1. The number of rotatable bonds is 4. The summed E-state index contributed by atoms with van der Waals surface area (Å²) in [6.45, 7) is -0.446. The number of aromatic nitrogens is 4. The van der Waals surface area contributed by atoms with Crippen LogP contribution in [0, 0.1) is 6.07 Å². The smallest absolute Gasteiger partial charge is 0.153 e. The fraction of sp³-hybridized carbons (Fsp3) is 0.143. The first kappa shape index (κ1) is 14.6. The Morgan fingerprint density at radius 2 is 2.00 bits per heavy atom. The van der Waals surface area contributed by atoms with E-state index in [0.29, 0.717) is 5.82 Å². The van der Waals surface area contributed by atoms with Gasteiger partial charge in [0.1, 0.15) is 6.33 Å². The number of para-hydroxylation sites is 1. The molecule has 1 aromatic carbocycles. The first-order chi connectivity index (χ1) is 9.36. The summed E-state index contributed by atoms with van der Waals surface area (Å²) in [5, 5.41) is 4.20. The van der Waals surface area contributed by atoms with Crippen molar-refractivity contribution in [2.24, 2.45) is 0 Å². The molecule has 1 radical (unpaired) electrons. The molecule has 3 rings (SSSR count). The van der Waals surface area contributed by atoms with Crippen LogP contribution in [0.25, 0.3) is 11.4 Å². The van der Waals surface area contributed by atoms with Gasteiger partial charge in [-0.25, -0.2) is 11.1 Å². The van der Waals surface area contributed by atoms with E-state index in [1.165, 1.54) is 0 Å². The standard InChI is InChI=1S/C14H12FN4.Ir/c15-8-6-14-16-11-19(17-14)13-7-9-18(10-13)12-4-2-1-3-5-12;/h1-5,9-11H,6,8H2;/q-1;. The number of nitrogens with zero attached hydrogens (tertiary/aromatic N) is 4. The molecule has 20 heavy (non-hydrogen) atoms. The van der Waals surface area contributed by atoms with E-state index in [2.05, 4.69) is 16.1 Å². The Morgan fingerprint density at radius 3 is 2.75 bits per heavy atom. The van der Waals surface area contributed by atoms with Gasteiger partial charge in [-0.2, -0.15) is 5.10 Å². The van der Waals surface area contributed by atoms with Crippen molar-refractivity contribution in [2.45, 2.75) is 6.42 Å². The summed E-state index contributed by atoms with van der Waals surface area (Å²) >= 11 is 0. The van der Waals surface area contributed by atoms with Crippen LogP contribution in [0.15, 0.2) is 49.1 Å². The van der Waals surface area contributed by atoms with Crippen molar-refractivity contribution in [3.8, 4) is 11.4 Å². The van der Waals surface area contributed by atoms with Crippen LogP contribution in [-0.2, 0) is 26.5 Å². The first-order valence-corrected chi connectivity index (χ1v) is 5.99. The molecule has 0 aliphatic heterocycles. The minimum atomic E-state index is -0.446. The van der Waals surface area contributed by atoms with Gasteiger partial charge in [-0.15, -0.1) is 6.20 Å². The third-order valence-electron chi connectivity index (χ3n) is 2.77. The van der Waals surface area contributed by atoms with Gasteiger partial charge in [0.2, 0.25) is 0 Å². The molecule has 105 valence electrons. The minimum Gasteiger partial charge on any atom is -0.419 e. The largest absolute Gasteiger partial charge is 0.419 e. The van der Waals surface area contributed by atoms with Crippen LogP contribution in [0.2, 0.25) is 0 Å². The Bertz CT molecular complexity index is 663. The van der Waals surface area contributed by atoms with E-state index in [4.69, 9.17) is 0 Å². The maximum atomic E-state index is 12.2. The minimum absolute atomic E-state index is 0. The molecule has 0 aliphatic rings. The fourth-order valence-electron chi connectivity index (χ4n) is 1.83. The Labute approximate surface area is 129 Å². The predicted octanol–water partition coefficient (Wildman–Crippen LogP) is 2.37. The van der Waals surface area contributed by atoms with Gasteiger partial charge >= 0.3 is 0 Å². The van der Waals surface area contributed by atoms with E-state index in [1.54, 1.807) is 11.0 Å². The summed E-state index contributed by atoms with van der Waals surface area (Å²) < 4.78 is 15.8. The van der Waals surface area contributed by atoms with Crippen molar-refractivity contribution < 1.29 is 24.5 Å². The zero-order valence-corrected chi connectivity index (χ0v) is 12.9. The molecule has 0 atom stereocenters. The summed E-state index contributed by atoms with van der Waals surface area (Å²) in [6, 6.07) is 13.0. The van der Waals surface area contributed by atoms with Gasteiger partial charge in [0.05, 0.1) is 6.67 Å². The summed E-state index contributed by atoms with van der Waals surface area (Å²) in [7, 11) is 0. The zero-order chi connectivity index (χ0) is 13.1. The fourth-order valence-corrected chi connectivity index (χ4v) is 1.83. The summed E-state index contributed by atoms with van der Waals surface area (Å²) in [6.07, 6.45) is 5.56. The van der Waals surface area contributed by atoms with Gasteiger partial charge in [0, 0.05) is 32.2 Å². The third-order valence-corrected chi connectivity index (χ3v) is 2.77. The quantitative estimate of drug-likeness (QED) is 0.576. The average molecular weight is 447 g/mol. The zero-order valence-electron chi connectivity index (χ0n) is 10.5. The van der Waals surface area contributed by atoms with Crippen LogP contribution in [0.3, 0.4) is 0 Å². The molecular weight excluding hydrogens is 435 g/mol. The van der Waals surface area contributed by atoms with Crippen molar-refractivity contribution in [2.75, 3.05) is 6.67 Å². The molecule has 0 unspecified atom stereocenters. The van der Waals surface area contributed by atoms with E-state index >= 15 is 0 Å². The Balaban J connectivity index is 0.00000147. The molecule has 0 N–H and O–H groups in total. The van der Waals surface area contributed by atoms with Crippen molar-refractivity contribution >= 4 is 0 Å². The van der Waals surface area contributed by atoms with Gasteiger partial charge in [0.25, 0.3) is 0 Å². The van der Waals surface area contributed by atoms with Crippen LogP contribution < -0.4 is 0 Å². The molecule has 2 heterocycles. The molecule has 6 heteroatoms. The maximum absolute atomic E-state index is 12.2. The predicted molar refractivity (Wildman–Crippen MR) is 69.2 cm³/mol. The van der Waals surface area contributed by atoms with Gasteiger partial charge in [-0.1, -0.05) is 30.1 Å². The molecule has 4 nitrogen and oxygen atoms in total. The average Bonchev–Trinajstić information content (AvgIpc) is 3.08. The molecule has 3 aromatic rings. The number of benzene rings is 1. The van der Waals surface area contributed by atoms with E-state index < -0.39 is 6.67 Å². The second-order valence-electron chi connectivity index (χ2n) is 4.07. The van der Waals surface area contributed by atoms with Crippen LogP contribution in [-0.4, -0.2) is 26.0 Å².